The van der Waals surface area contributed by atoms with Gasteiger partial charge in [-0.25, -0.2) is 13.1 Å². The number of fused-ring (bicyclic) bond motifs is 1. The first-order chi connectivity index (χ1) is 11.0. The highest BCUT2D eigenvalue weighted by Crippen LogP contribution is 2.21. The quantitative estimate of drug-likeness (QED) is 0.769. The van der Waals surface area contributed by atoms with Gasteiger partial charge in [0.15, 0.2) is 5.76 Å². The number of anilines is 1. The van der Waals surface area contributed by atoms with Crippen LogP contribution in [0, 0.1) is 0 Å². The molecule has 1 aromatic heterocycles. The maximum Gasteiger partial charge on any atom is 0.291 e. The van der Waals surface area contributed by atoms with E-state index < -0.39 is 15.9 Å². The van der Waals surface area contributed by atoms with E-state index in [2.05, 4.69) is 10.0 Å². The molecule has 0 fully saturated rings. The molecule has 118 valence electrons. The molecule has 0 saturated heterocycles. The van der Waals surface area contributed by atoms with Crippen molar-refractivity contribution in [2.45, 2.75) is 4.90 Å². The Balaban J connectivity index is 1.87. The standard InChI is InChI=1S/C16H14N2O4S/c1-17-23(20,21)13-7-4-6-12(10-13)18-16(19)15-9-11-5-2-3-8-14(11)22-15/h2-10,17H,1H3,(H,18,19). The van der Waals surface area contributed by atoms with Gasteiger partial charge in [0, 0.05) is 11.1 Å². The molecule has 3 aromatic rings. The van der Waals surface area contributed by atoms with Gasteiger partial charge in [-0.15, -0.1) is 0 Å². The third-order valence-corrected chi connectivity index (χ3v) is 4.73. The van der Waals surface area contributed by atoms with Crippen molar-refractivity contribution in [3.05, 3.63) is 60.4 Å². The van der Waals surface area contributed by atoms with E-state index in [0.717, 1.165) is 5.39 Å². The average Bonchev–Trinajstić information content (AvgIpc) is 2.99. The van der Waals surface area contributed by atoms with E-state index in [1.165, 1.54) is 19.2 Å². The number of amides is 1. The Labute approximate surface area is 133 Å². The fourth-order valence-electron chi connectivity index (χ4n) is 2.15. The molecule has 0 aliphatic rings. The van der Waals surface area contributed by atoms with Crippen molar-refractivity contribution in [3.63, 3.8) is 0 Å². The summed E-state index contributed by atoms with van der Waals surface area (Å²) in [5, 5.41) is 3.45. The van der Waals surface area contributed by atoms with Crippen LogP contribution in [0.4, 0.5) is 5.69 Å². The predicted molar refractivity (Wildman–Crippen MR) is 86.9 cm³/mol. The number of benzene rings is 2. The molecule has 23 heavy (non-hydrogen) atoms. The fourth-order valence-corrected chi connectivity index (χ4v) is 2.92. The Hall–Kier alpha value is -2.64. The number of carbonyl (C=O) groups excluding carboxylic acids is 1. The van der Waals surface area contributed by atoms with Gasteiger partial charge in [0.1, 0.15) is 5.58 Å². The van der Waals surface area contributed by atoms with E-state index in [1.54, 1.807) is 24.3 Å². The number of para-hydroxylation sites is 1. The second-order valence-electron chi connectivity index (χ2n) is 4.84. The number of furan rings is 1. The van der Waals surface area contributed by atoms with Gasteiger partial charge < -0.3 is 9.73 Å². The van der Waals surface area contributed by atoms with Crippen molar-refractivity contribution in [2.24, 2.45) is 0 Å². The van der Waals surface area contributed by atoms with Gasteiger partial charge in [0.05, 0.1) is 4.90 Å². The van der Waals surface area contributed by atoms with E-state index in [1.807, 2.05) is 18.2 Å². The highest BCUT2D eigenvalue weighted by atomic mass is 32.2. The molecule has 0 bridgehead atoms. The van der Waals surface area contributed by atoms with Crippen molar-refractivity contribution in [3.8, 4) is 0 Å². The SMILES string of the molecule is CNS(=O)(=O)c1cccc(NC(=O)c2cc3ccccc3o2)c1. The van der Waals surface area contributed by atoms with Crippen LogP contribution in [0.25, 0.3) is 11.0 Å². The molecule has 0 aliphatic heterocycles. The van der Waals surface area contributed by atoms with Gasteiger partial charge in [-0.2, -0.15) is 0 Å². The van der Waals surface area contributed by atoms with E-state index >= 15 is 0 Å². The summed E-state index contributed by atoms with van der Waals surface area (Å²) < 4.78 is 31.3. The van der Waals surface area contributed by atoms with Gasteiger partial charge in [-0.3, -0.25) is 4.79 Å². The summed E-state index contributed by atoms with van der Waals surface area (Å²) in [6, 6.07) is 14.9. The summed E-state index contributed by atoms with van der Waals surface area (Å²) in [5.74, 6) is -0.284. The molecule has 1 amide bonds. The minimum Gasteiger partial charge on any atom is -0.451 e. The average molecular weight is 330 g/mol. The zero-order valence-corrected chi connectivity index (χ0v) is 13.1. The maximum atomic E-state index is 12.2. The smallest absolute Gasteiger partial charge is 0.291 e. The minimum absolute atomic E-state index is 0.0717. The second kappa shape index (κ2) is 5.86. The molecule has 2 N–H and O–H groups in total. The molecule has 1 heterocycles. The first-order valence-corrected chi connectivity index (χ1v) is 8.31. The molecule has 3 rings (SSSR count). The van der Waals surface area contributed by atoms with Crippen molar-refractivity contribution >= 4 is 32.6 Å². The Morgan fingerprint density at radius 2 is 1.83 bits per heavy atom. The molecular weight excluding hydrogens is 316 g/mol. The lowest BCUT2D eigenvalue weighted by Crippen LogP contribution is -2.19. The summed E-state index contributed by atoms with van der Waals surface area (Å²) in [5.41, 5.74) is 0.982. The van der Waals surface area contributed by atoms with Crippen molar-refractivity contribution in [2.75, 3.05) is 12.4 Å². The van der Waals surface area contributed by atoms with E-state index in [9.17, 15) is 13.2 Å². The van der Waals surface area contributed by atoms with Gasteiger partial charge in [0.25, 0.3) is 5.91 Å². The van der Waals surface area contributed by atoms with Gasteiger partial charge >= 0.3 is 0 Å². The van der Waals surface area contributed by atoms with E-state index in [4.69, 9.17) is 4.42 Å². The summed E-state index contributed by atoms with van der Waals surface area (Å²) >= 11 is 0. The number of sulfonamides is 1. The number of rotatable bonds is 4. The van der Waals surface area contributed by atoms with Crippen LogP contribution in [0.3, 0.4) is 0 Å². The lowest BCUT2D eigenvalue weighted by atomic mass is 10.2. The number of hydrogen-bond acceptors (Lipinski definition) is 4. The van der Waals surface area contributed by atoms with E-state index in [0.29, 0.717) is 11.3 Å². The fraction of sp³-hybridized carbons (Fsp3) is 0.0625. The van der Waals surface area contributed by atoms with Crippen LogP contribution in [0.15, 0.2) is 63.9 Å². The maximum absolute atomic E-state index is 12.2. The van der Waals surface area contributed by atoms with Gasteiger partial charge in [-0.1, -0.05) is 24.3 Å². The van der Waals surface area contributed by atoms with Gasteiger partial charge in [-0.05, 0) is 37.4 Å². The molecule has 0 spiro atoms. The van der Waals surface area contributed by atoms with Crippen LogP contribution in [-0.4, -0.2) is 21.4 Å². The molecule has 0 unspecified atom stereocenters. The number of carbonyl (C=O) groups is 1. The Kier molecular flexibility index (Phi) is 3.89. The van der Waals surface area contributed by atoms with Crippen LogP contribution in [-0.2, 0) is 10.0 Å². The lowest BCUT2D eigenvalue weighted by molar-refractivity contribution is 0.0998. The van der Waals surface area contributed by atoms with Crippen LogP contribution in [0.2, 0.25) is 0 Å². The lowest BCUT2D eigenvalue weighted by Gasteiger charge is -2.06. The molecule has 0 atom stereocenters. The van der Waals surface area contributed by atoms with E-state index in [-0.39, 0.29) is 10.7 Å². The van der Waals surface area contributed by atoms with Crippen molar-refractivity contribution < 1.29 is 17.6 Å². The zero-order chi connectivity index (χ0) is 16.4. The minimum atomic E-state index is -3.57. The molecule has 0 aliphatic carbocycles. The second-order valence-corrected chi connectivity index (χ2v) is 6.72. The normalized spacial score (nSPS) is 11.5. The topological polar surface area (TPSA) is 88.4 Å². The Bertz CT molecular complexity index is 943. The monoisotopic (exact) mass is 330 g/mol. The third-order valence-electron chi connectivity index (χ3n) is 3.32. The largest absolute Gasteiger partial charge is 0.451 e. The Morgan fingerprint density at radius 3 is 2.57 bits per heavy atom. The van der Waals surface area contributed by atoms with Crippen molar-refractivity contribution in [1.29, 1.82) is 0 Å². The van der Waals surface area contributed by atoms with Crippen LogP contribution in [0.1, 0.15) is 10.6 Å². The van der Waals surface area contributed by atoms with Gasteiger partial charge in [0.2, 0.25) is 10.0 Å². The summed E-state index contributed by atoms with van der Waals surface area (Å²) in [4.78, 5) is 12.3. The Morgan fingerprint density at radius 1 is 1.04 bits per heavy atom. The predicted octanol–water partition coefficient (Wildman–Crippen LogP) is 2.59. The molecule has 2 aromatic carbocycles. The van der Waals surface area contributed by atoms with Crippen LogP contribution < -0.4 is 10.0 Å². The molecule has 0 radical (unpaired) electrons. The molecular formula is C16H14N2O4S. The van der Waals surface area contributed by atoms with Crippen LogP contribution >= 0.6 is 0 Å². The number of hydrogen-bond donors (Lipinski definition) is 2. The molecule has 6 nitrogen and oxygen atoms in total. The van der Waals surface area contributed by atoms with Crippen LogP contribution in [0.5, 0.6) is 0 Å². The summed E-state index contributed by atoms with van der Waals surface area (Å²) in [7, 11) is -2.24. The third kappa shape index (κ3) is 3.10. The molecule has 7 heteroatoms. The first kappa shape index (κ1) is 15.3. The first-order valence-electron chi connectivity index (χ1n) is 6.83. The zero-order valence-electron chi connectivity index (χ0n) is 12.2. The highest BCUT2D eigenvalue weighted by Gasteiger charge is 2.15. The summed E-state index contributed by atoms with van der Waals surface area (Å²) in [6.07, 6.45) is 0. The highest BCUT2D eigenvalue weighted by molar-refractivity contribution is 7.89. The molecule has 0 saturated carbocycles. The van der Waals surface area contributed by atoms with Crippen molar-refractivity contribution in [1.82, 2.24) is 4.72 Å². The number of nitrogens with one attached hydrogen (secondary N) is 2. The summed E-state index contributed by atoms with van der Waals surface area (Å²) in [6.45, 7) is 0.